The van der Waals surface area contributed by atoms with Crippen molar-refractivity contribution < 1.29 is 90.0 Å². The maximum Gasteiger partial charge on any atom is 0.384 e. The summed E-state index contributed by atoms with van der Waals surface area (Å²) in [6.45, 7) is -3.32. The molecule has 0 fully saturated rings. The molecule has 0 spiro atoms. The van der Waals surface area contributed by atoms with Crippen LogP contribution in [0.4, 0.5) is 70.2 Å². The fraction of sp³-hybridized carbons (Fsp3) is 0.650. The number of carbonyl (C=O) groups excluding carboxylic acids is 1. The van der Waals surface area contributed by atoms with Gasteiger partial charge in [-0.2, -0.15) is 70.2 Å². The number of hydrogen-bond donors (Lipinski definition) is 3. The van der Waals surface area contributed by atoms with Crippen LogP contribution < -0.4 is 5.73 Å². The first-order valence-corrected chi connectivity index (χ1v) is 10.4. The number of esters is 1. The molecular weight excluding hydrogens is 622 g/mol. The first-order valence-electron chi connectivity index (χ1n) is 10.4. The van der Waals surface area contributed by atoms with Crippen LogP contribution in [0, 0.1) is 0 Å². The second-order valence-electron chi connectivity index (χ2n) is 8.59. The fourth-order valence-corrected chi connectivity index (χ4v) is 2.87. The Balaban J connectivity index is 3.16. The molecule has 238 valence electrons. The Morgan fingerprint density at radius 2 is 1.15 bits per heavy atom. The zero-order valence-corrected chi connectivity index (χ0v) is 19.8. The number of benzene rings is 1. The minimum absolute atomic E-state index is 0.0207. The second-order valence-corrected chi connectivity index (χ2v) is 8.59. The van der Waals surface area contributed by atoms with Crippen LogP contribution in [0.5, 0.6) is 11.5 Å². The molecule has 0 saturated carbocycles. The van der Waals surface area contributed by atoms with E-state index in [2.05, 4.69) is 4.74 Å². The van der Waals surface area contributed by atoms with Gasteiger partial charge in [0.25, 0.3) is 0 Å². The minimum atomic E-state index is -8.53. The Kier molecular flexibility index (Phi) is 9.48. The van der Waals surface area contributed by atoms with Gasteiger partial charge < -0.3 is 20.7 Å². The first-order chi connectivity index (χ1) is 17.9. The summed E-state index contributed by atoms with van der Waals surface area (Å²) in [7, 11) is 0. The monoisotopic (exact) mass is 639 g/mol. The van der Waals surface area contributed by atoms with Crippen molar-refractivity contribution in [1.82, 2.24) is 0 Å². The van der Waals surface area contributed by atoms with Gasteiger partial charge in [-0.1, -0.05) is 6.07 Å². The van der Waals surface area contributed by atoms with Gasteiger partial charge in [-0.15, -0.1) is 0 Å². The molecule has 1 aromatic carbocycles. The molecule has 0 aliphatic rings. The number of phenols is 2. The first kappa shape index (κ1) is 36.2. The van der Waals surface area contributed by atoms with Gasteiger partial charge in [0.05, 0.1) is 13.0 Å². The van der Waals surface area contributed by atoms with Gasteiger partial charge >= 0.3 is 53.3 Å². The Labute approximate surface area is 217 Å². The normalized spacial score (nSPS) is 15.6. The highest BCUT2D eigenvalue weighted by Gasteiger charge is 2.94. The summed E-state index contributed by atoms with van der Waals surface area (Å²) in [5, 5.41) is 18.5. The predicted molar refractivity (Wildman–Crippen MR) is 102 cm³/mol. The molecule has 1 rings (SSSR count). The van der Waals surface area contributed by atoms with Gasteiger partial charge in [-0.3, -0.25) is 4.79 Å². The Bertz CT molecular complexity index is 1100. The number of carbonyl (C=O) groups is 1. The smallest absolute Gasteiger partial charge is 0.384 e. The maximum atomic E-state index is 13.9. The summed E-state index contributed by atoms with van der Waals surface area (Å²) in [4.78, 5) is 11.7. The zero-order valence-electron chi connectivity index (χ0n) is 19.8. The summed E-state index contributed by atoms with van der Waals surface area (Å²) < 4.78 is 220. The van der Waals surface area contributed by atoms with Crippen LogP contribution in [-0.4, -0.2) is 76.2 Å². The fourth-order valence-electron chi connectivity index (χ4n) is 2.87. The van der Waals surface area contributed by atoms with Crippen molar-refractivity contribution in [2.45, 2.75) is 73.2 Å². The summed E-state index contributed by atoms with van der Waals surface area (Å²) in [6, 6.07) is 0.945. The lowest BCUT2D eigenvalue weighted by Gasteiger charge is -2.43. The van der Waals surface area contributed by atoms with Crippen molar-refractivity contribution in [3.63, 3.8) is 0 Å². The number of hydrogen-bond acceptors (Lipinski definition) is 5. The largest absolute Gasteiger partial charge is 0.504 e. The number of phenolic OH excluding ortho intramolecular Hbond substituents is 2. The van der Waals surface area contributed by atoms with Crippen molar-refractivity contribution in [2.24, 2.45) is 5.73 Å². The van der Waals surface area contributed by atoms with E-state index >= 15 is 0 Å². The van der Waals surface area contributed by atoms with Crippen LogP contribution in [0.3, 0.4) is 0 Å². The van der Waals surface area contributed by atoms with Crippen LogP contribution in [0.2, 0.25) is 0 Å². The molecule has 1 unspecified atom stereocenters. The Morgan fingerprint density at radius 3 is 1.56 bits per heavy atom. The molecule has 0 amide bonds. The summed E-state index contributed by atoms with van der Waals surface area (Å²) in [5.74, 6) is -65.0. The summed E-state index contributed by atoms with van der Waals surface area (Å²) in [6.07, 6.45) is -3.50. The molecule has 1 atom stereocenters. The van der Waals surface area contributed by atoms with Crippen molar-refractivity contribution >= 4 is 5.97 Å². The molecule has 4 N–H and O–H groups in total. The van der Waals surface area contributed by atoms with Gasteiger partial charge in [0.2, 0.25) is 0 Å². The molecule has 0 heterocycles. The highest BCUT2D eigenvalue weighted by molar-refractivity contribution is 5.76. The predicted octanol–water partition coefficient (Wildman–Crippen LogP) is 6.00. The third-order valence-corrected chi connectivity index (χ3v) is 5.44. The molecule has 21 heteroatoms. The molecule has 5 nitrogen and oxygen atoms in total. The van der Waals surface area contributed by atoms with Crippen molar-refractivity contribution in [1.29, 1.82) is 0 Å². The van der Waals surface area contributed by atoms with E-state index in [0.29, 0.717) is 0 Å². The molecule has 0 aromatic heterocycles. The van der Waals surface area contributed by atoms with E-state index in [4.69, 9.17) is 10.8 Å². The van der Waals surface area contributed by atoms with Gasteiger partial charge in [-0.05, 0) is 24.1 Å². The third kappa shape index (κ3) is 5.90. The summed E-state index contributed by atoms with van der Waals surface area (Å²) in [5.41, 5.74) is 5.29. The van der Waals surface area contributed by atoms with E-state index in [0.717, 1.165) is 18.2 Å². The van der Waals surface area contributed by atoms with E-state index in [1.54, 1.807) is 0 Å². The third-order valence-electron chi connectivity index (χ3n) is 5.44. The molecule has 41 heavy (non-hydrogen) atoms. The van der Waals surface area contributed by atoms with Crippen molar-refractivity contribution in [3.05, 3.63) is 23.8 Å². The Hall–Kier alpha value is -2.87. The lowest BCUT2D eigenvalue weighted by Crippen LogP contribution is -2.74. The number of alkyl halides is 16. The van der Waals surface area contributed by atoms with E-state index < -0.39 is 97.3 Å². The number of rotatable bonds is 13. The molecule has 0 bridgehead atoms. The minimum Gasteiger partial charge on any atom is -0.504 e. The second kappa shape index (κ2) is 10.8. The summed E-state index contributed by atoms with van der Waals surface area (Å²) >= 11 is 0. The van der Waals surface area contributed by atoms with E-state index in [1.807, 2.05) is 0 Å². The van der Waals surface area contributed by atoms with Crippen LogP contribution >= 0.6 is 0 Å². The highest BCUT2D eigenvalue weighted by Crippen LogP contribution is 2.64. The Morgan fingerprint density at radius 1 is 0.732 bits per heavy atom. The van der Waals surface area contributed by atoms with E-state index in [9.17, 15) is 80.1 Å². The van der Waals surface area contributed by atoms with Crippen LogP contribution in [0.15, 0.2) is 18.2 Å². The van der Waals surface area contributed by atoms with Crippen molar-refractivity contribution in [3.8, 4) is 11.5 Å². The van der Waals surface area contributed by atoms with Crippen molar-refractivity contribution in [2.75, 3.05) is 6.61 Å². The number of ether oxygens (including phenoxy) is 1. The highest BCUT2D eigenvalue weighted by atomic mass is 19.4. The van der Waals surface area contributed by atoms with Gasteiger partial charge in [-0.25, -0.2) is 0 Å². The number of nitrogens with two attached hydrogens (primary N) is 1. The average Bonchev–Trinajstić information content (AvgIpc) is 2.79. The molecular formula is C20H17F16NO4. The topological polar surface area (TPSA) is 92.8 Å². The van der Waals surface area contributed by atoms with E-state index in [-0.39, 0.29) is 5.56 Å². The zero-order chi connectivity index (χ0) is 32.8. The number of halogens is 16. The molecule has 0 saturated heterocycles. The quantitative estimate of drug-likeness (QED) is 0.140. The van der Waals surface area contributed by atoms with Crippen LogP contribution in [-0.2, 0) is 16.0 Å². The number of aromatic hydroxyl groups is 2. The maximum absolute atomic E-state index is 13.9. The van der Waals surface area contributed by atoms with E-state index in [1.165, 1.54) is 0 Å². The van der Waals surface area contributed by atoms with Crippen LogP contribution in [0.1, 0.15) is 18.9 Å². The molecule has 1 aromatic rings. The molecule has 0 aliphatic carbocycles. The lowest BCUT2D eigenvalue weighted by atomic mass is 9.87. The van der Waals surface area contributed by atoms with Gasteiger partial charge in [0.1, 0.15) is 6.04 Å². The SMILES string of the molecule is CC(F)(F)C(F)(F)C(F)(F)C(F)(F)C(F)(F)C(F)(F)C(F)(F)C(F)(F)CCOC(=O)C(N)Cc1ccc(O)c(O)c1. The standard InChI is InChI=1S/C20H17F16NO4/c1-13(21,22)15(25,26)17(29,30)19(33,34)20(35,36)18(31,32)16(27,28)14(23,24)4-5-41-12(40)9(37)6-8-2-3-10(38)11(39)7-8/h2-3,7,9,38-39H,4-6,37H2,1H3. The van der Waals surface area contributed by atoms with Gasteiger partial charge in [0.15, 0.2) is 11.5 Å². The van der Waals surface area contributed by atoms with Gasteiger partial charge in [0, 0.05) is 6.92 Å². The molecule has 0 aliphatic heterocycles. The average molecular weight is 639 g/mol. The lowest BCUT2D eigenvalue weighted by molar-refractivity contribution is -0.452. The van der Waals surface area contributed by atoms with Crippen LogP contribution in [0.25, 0.3) is 0 Å². The molecule has 0 radical (unpaired) electrons.